The second-order valence-corrected chi connectivity index (χ2v) is 18.6. The molecule has 0 saturated heterocycles. The summed E-state index contributed by atoms with van der Waals surface area (Å²) in [6, 6.07) is -0.847. The van der Waals surface area contributed by atoms with E-state index in [1.165, 1.54) is 141 Å². The zero-order valence-corrected chi connectivity index (χ0v) is 37.8. The molecule has 0 aliphatic carbocycles. The van der Waals surface area contributed by atoms with E-state index < -0.39 is 20.0 Å². The molecule has 0 aliphatic rings. The van der Waals surface area contributed by atoms with Crippen LogP contribution in [-0.4, -0.2) is 73.4 Å². The molecule has 8 nitrogen and oxygen atoms in total. The van der Waals surface area contributed by atoms with E-state index in [-0.39, 0.29) is 19.1 Å². The van der Waals surface area contributed by atoms with Crippen LogP contribution in [0.2, 0.25) is 0 Å². The zero-order chi connectivity index (χ0) is 40.7. The standard InChI is InChI=1S/C46H91N2O6P/c1-6-8-10-12-14-16-18-20-21-22-23-24-25-26-28-30-32-34-36-38-40-46(50)47-44(43-54-55(51,52)53-42-41-48(3,4)5)45(49)39-37-35-33-31-29-27-19-17-15-13-11-9-7-2/h25-26,37,39,44-45,49H,6-24,27-36,38,40-43H2,1-5H3,(H-,47,50,51,52)/p+1/b26-25-,39-37+/t44-,45+/m0/s1. The Hall–Kier alpha value is -1.02. The van der Waals surface area contributed by atoms with Crippen LogP contribution in [0.25, 0.3) is 0 Å². The summed E-state index contributed by atoms with van der Waals surface area (Å²) in [5.74, 6) is -0.185. The van der Waals surface area contributed by atoms with E-state index >= 15 is 0 Å². The summed E-state index contributed by atoms with van der Waals surface area (Å²) in [4.78, 5) is 23.1. The van der Waals surface area contributed by atoms with Gasteiger partial charge in [0, 0.05) is 6.42 Å². The number of rotatable bonds is 42. The summed E-state index contributed by atoms with van der Waals surface area (Å²) in [5, 5.41) is 13.8. The van der Waals surface area contributed by atoms with Gasteiger partial charge in [-0.2, -0.15) is 0 Å². The monoisotopic (exact) mass is 800 g/mol. The number of unbranched alkanes of at least 4 members (excludes halogenated alkanes) is 27. The predicted molar refractivity (Wildman–Crippen MR) is 235 cm³/mol. The summed E-state index contributed by atoms with van der Waals surface area (Å²) in [7, 11) is 1.57. The number of likely N-dealkylation sites (N-methyl/N-ethyl adjacent to an activating group) is 1. The zero-order valence-electron chi connectivity index (χ0n) is 36.9. The first-order valence-electron chi connectivity index (χ1n) is 23.2. The highest BCUT2D eigenvalue weighted by Gasteiger charge is 2.27. The molecule has 0 bridgehead atoms. The number of aliphatic hydroxyl groups is 1. The molecule has 1 amide bonds. The lowest BCUT2D eigenvalue weighted by Gasteiger charge is -2.25. The molecule has 0 aromatic heterocycles. The number of allylic oxidation sites excluding steroid dienone is 3. The highest BCUT2D eigenvalue weighted by Crippen LogP contribution is 2.43. The van der Waals surface area contributed by atoms with Crippen LogP contribution in [0.1, 0.15) is 213 Å². The lowest BCUT2D eigenvalue weighted by Crippen LogP contribution is -2.45. The molecule has 9 heteroatoms. The largest absolute Gasteiger partial charge is 0.472 e. The van der Waals surface area contributed by atoms with Gasteiger partial charge in [-0.05, 0) is 44.9 Å². The number of carbonyl (C=O) groups excluding carboxylic acids is 1. The average Bonchev–Trinajstić information content (AvgIpc) is 3.13. The van der Waals surface area contributed by atoms with E-state index in [0.717, 1.165) is 51.4 Å². The number of hydrogen-bond donors (Lipinski definition) is 3. The molecule has 0 spiro atoms. The van der Waals surface area contributed by atoms with Gasteiger partial charge in [0.05, 0.1) is 39.9 Å². The highest BCUT2D eigenvalue weighted by molar-refractivity contribution is 7.47. The number of carbonyl (C=O) groups is 1. The van der Waals surface area contributed by atoms with Crippen LogP contribution in [0, 0.1) is 0 Å². The number of nitrogens with zero attached hydrogens (tertiary/aromatic N) is 1. The quantitative estimate of drug-likeness (QED) is 0.0246. The van der Waals surface area contributed by atoms with Gasteiger partial charge in [-0.25, -0.2) is 4.57 Å². The third kappa shape index (κ3) is 41.0. The van der Waals surface area contributed by atoms with E-state index in [2.05, 4.69) is 31.3 Å². The van der Waals surface area contributed by atoms with Crippen LogP contribution in [0.4, 0.5) is 0 Å². The maximum Gasteiger partial charge on any atom is 0.472 e. The Labute approximate surface area is 341 Å². The second-order valence-electron chi connectivity index (χ2n) is 17.1. The minimum absolute atomic E-state index is 0.0610. The number of nitrogens with one attached hydrogen (secondary N) is 1. The molecule has 0 fully saturated rings. The van der Waals surface area contributed by atoms with Crippen molar-refractivity contribution < 1.29 is 32.9 Å². The maximum atomic E-state index is 12.9. The molecule has 1 unspecified atom stereocenters. The smallest absolute Gasteiger partial charge is 0.387 e. The molecule has 0 aromatic carbocycles. The Balaban J connectivity index is 4.35. The van der Waals surface area contributed by atoms with E-state index in [0.29, 0.717) is 17.4 Å². The van der Waals surface area contributed by atoms with Gasteiger partial charge in [0.15, 0.2) is 0 Å². The van der Waals surface area contributed by atoms with Crippen molar-refractivity contribution in [3.63, 3.8) is 0 Å². The molecule has 0 aromatic rings. The van der Waals surface area contributed by atoms with Gasteiger partial charge in [0.2, 0.25) is 5.91 Å². The molecule has 55 heavy (non-hydrogen) atoms. The fourth-order valence-corrected chi connectivity index (χ4v) is 7.42. The van der Waals surface area contributed by atoms with Gasteiger partial charge in [0.1, 0.15) is 13.2 Å². The second kappa shape index (κ2) is 38.5. The number of aliphatic hydroxyl groups excluding tert-OH is 1. The van der Waals surface area contributed by atoms with Crippen LogP contribution in [0.5, 0.6) is 0 Å². The summed E-state index contributed by atoms with van der Waals surface area (Å²) in [6.07, 6.45) is 45.3. The topological polar surface area (TPSA) is 105 Å². The van der Waals surface area contributed by atoms with Crippen molar-refractivity contribution in [3.05, 3.63) is 24.3 Å². The molecule has 3 atom stereocenters. The first-order chi connectivity index (χ1) is 26.5. The number of phosphoric acid groups is 1. The summed E-state index contributed by atoms with van der Waals surface area (Å²) < 4.78 is 23.6. The third-order valence-electron chi connectivity index (χ3n) is 10.4. The first kappa shape index (κ1) is 54.0. The van der Waals surface area contributed by atoms with E-state index in [9.17, 15) is 19.4 Å². The van der Waals surface area contributed by atoms with Crippen molar-refractivity contribution in [1.82, 2.24) is 5.32 Å². The Bertz CT molecular complexity index is 953. The molecule has 0 aliphatic heterocycles. The van der Waals surface area contributed by atoms with E-state index in [1.807, 2.05) is 27.2 Å². The van der Waals surface area contributed by atoms with Gasteiger partial charge in [-0.1, -0.05) is 186 Å². The number of hydrogen-bond acceptors (Lipinski definition) is 5. The number of quaternary nitrogens is 1. The Kier molecular flexibility index (Phi) is 37.8. The van der Waals surface area contributed by atoms with Crippen LogP contribution >= 0.6 is 7.82 Å². The van der Waals surface area contributed by atoms with Crippen LogP contribution in [0.3, 0.4) is 0 Å². The minimum Gasteiger partial charge on any atom is -0.387 e. The number of phosphoric ester groups is 1. The van der Waals surface area contributed by atoms with Crippen LogP contribution < -0.4 is 5.32 Å². The summed E-state index contributed by atoms with van der Waals surface area (Å²) in [5.41, 5.74) is 0. The number of amides is 1. The molecule has 326 valence electrons. The van der Waals surface area contributed by atoms with Crippen molar-refractivity contribution >= 4 is 13.7 Å². The molecule has 0 radical (unpaired) electrons. The Morgan fingerprint density at radius 3 is 1.40 bits per heavy atom. The minimum atomic E-state index is -4.34. The van der Waals surface area contributed by atoms with Crippen molar-refractivity contribution in [1.29, 1.82) is 0 Å². The first-order valence-corrected chi connectivity index (χ1v) is 24.7. The maximum absolute atomic E-state index is 12.9. The third-order valence-corrected chi connectivity index (χ3v) is 11.4. The van der Waals surface area contributed by atoms with Crippen molar-refractivity contribution in [2.75, 3.05) is 40.9 Å². The summed E-state index contributed by atoms with van der Waals surface area (Å²) in [6.45, 7) is 4.81. The van der Waals surface area contributed by atoms with E-state index in [4.69, 9.17) is 9.05 Å². The molecule has 3 N–H and O–H groups in total. The van der Waals surface area contributed by atoms with Crippen LogP contribution in [0.15, 0.2) is 24.3 Å². The van der Waals surface area contributed by atoms with Gasteiger partial charge in [0.25, 0.3) is 0 Å². The Morgan fingerprint density at radius 1 is 0.600 bits per heavy atom. The lowest BCUT2D eigenvalue weighted by atomic mass is 10.0. The average molecular weight is 800 g/mol. The van der Waals surface area contributed by atoms with Gasteiger partial charge in [-0.3, -0.25) is 13.8 Å². The van der Waals surface area contributed by atoms with Gasteiger partial charge < -0.3 is 19.8 Å². The Morgan fingerprint density at radius 2 is 0.982 bits per heavy atom. The molecule has 0 heterocycles. The normalized spacial score (nSPS) is 14.5. The van der Waals surface area contributed by atoms with Crippen molar-refractivity contribution in [2.45, 2.75) is 225 Å². The highest BCUT2D eigenvalue weighted by atomic mass is 31.2. The summed E-state index contributed by atoms with van der Waals surface area (Å²) >= 11 is 0. The molecular formula is C46H92N2O6P+. The molecular weight excluding hydrogens is 707 g/mol. The molecule has 0 saturated carbocycles. The van der Waals surface area contributed by atoms with Crippen LogP contribution in [-0.2, 0) is 18.4 Å². The van der Waals surface area contributed by atoms with Crippen molar-refractivity contribution in [2.24, 2.45) is 0 Å². The predicted octanol–water partition coefficient (Wildman–Crippen LogP) is 12.9. The SMILES string of the molecule is CCCCCCCCCCCCC/C=C\CCCCCCCC(=O)N[C@@H](COP(=O)(O)OCC[N+](C)(C)C)[C@H](O)/C=C/CCCCCCCCCCCCC. The molecule has 0 rings (SSSR count). The fraction of sp³-hybridized carbons (Fsp3) is 0.891. The van der Waals surface area contributed by atoms with Gasteiger partial charge in [-0.15, -0.1) is 0 Å². The van der Waals surface area contributed by atoms with Crippen molar-refractivity contribution in [3.8, 4) is 0 Å². The lowest BCUT2D eigenvalue weighted by molar-refractivity contribution is -0.870. The fourth-order valence-electron chi connectivity index (χ4n) is 6.68. The van der Waals surface area contributed by atoms with Gasteiger partial charge >= 0.3 is 7.82 Å². The van der Waals surface area contributed by atoms with E-state index in [1.54, 1.807) is 6.08 Å².